The molecule has 1 saturated heterocycles. The van der Waals surface area contributed by atoms with Crippen molar-refractivity contribution in [3.8, 4) is 0 Å². The van der Waals surface area contributed by atoms with Crippen LogP contribution in [0.1, 0.15) is 72.2 Å². The number of nitrogens with zero attached hydrogens (tertiary/aromatic N) is 5. The van der Waals surface area contributed by atoms with Gasteiger partial charge in [-0.1, -0.05) is 6.07 Å². The van der Waals surface area contributed by atoms with E-state index in [9.17, 15) is 13.2 Å². The molecule has 0 atom stereocenters. The van der Waals surface area contributed by atoms with Crippen molar-refractivity contribution in [2.24, 2.45) is 0 Å². The van der Waals surface area contributed by atoms with E-state index in [2.05, 4.69) is 18.9 Å². The van der Waals surface area contributed by atoms with E-state index in [0.717, 1.165) is 54.4 Å². The zero-order valence-corrected chi connectivity index (χ0v) is 21.1. The fourth-order valence-electron chi connectivity index (χ4n) is 5.34. The van der Waals surface area contributed by atoms with Crippen molar-refractivity contribution in [1.29, 1.82) is 0 Å². The molecule has 2 aliphatic carbocycles. The van der Waals surface area contributed by atoms with Gasteiger partial charge in [-0.05, 0) is 75.3 Å². The van der Waals surface area contributed by atoms with Gasteiger partial charge in [-0.15, -0.1) is 0 Å². The van der Waals surface area contributed by atoms with Crippen molar-refractivity contribution in [3.05, 3.63) is 52.8 Å². The van der Waals surface area contributed by atoms with Crippen LogP contribution in [-0.2, 0) is 22.9 Å². The third-order valence-electron chi connectivity index (χ3n) is 7.54. The number of amides is 1. The van der Waals surface area contributed by atoms with Crippen LogP contribution in [0.3, 0.4) is 0 Å². The van der Waals surface area contributed by atoms with Gasteiger partial charge in [0.1, 0.15) is 0 Å². The number of rotatable bonds is 5. The van der Waals surface area contributed by atoms with E-state index in [1.165, 1.54) is 9.87 Å². The zero-order chi connectivity index (χ0) is 24.3. The molecular weight excluding hydrogens is 462 g/mol. The number of hydrogen-bond donors (Lipinski definition) is 0. The topological polar surface area (TPSA) is 88.4 Å². The van der Waals surface area contributed by atoms with Crippen molar-refractivity contribution in [3.63, 3.8) is 0 Å². The highest BCUT2D eigenvalue weighted by Crippen LogP contribution is 2.40. The normalized spacial score (nSPS) is 19.0. The lowest BCUT2D eigenvalue weighted by atomic mass is 10.1. The van der Waals surface area contributed by atoms with Gasteiger partial charge in [-0.3, -0.25) is 4.79 Å². The molecule has 0 unspecified atom stereocenters. The predicted octanol–water partition coefficient (Wildman–Crippen LogP) is 3.53. The van der Waals surface area contributed by atoms with E-state index in [0.29, 0.717) is 42.6 Å². The number of aryl methyl sites for hydroxylation is 2. The predicted molar refractivity (Wildman–Crippen MR) is 133 cm³/mol. The number of benzene rings is 1. The third kappa shape index (κ3) is 3.94. The Hall–Kier alpha value is -2.78. The van der Waals surface area contributed by atoms with Crippen LogP contribution in [0.5, 0.6) is 0 Å². The summed E-state index contributed by atoms with van der Waals surface area (Å²) in [4.78, 5) is 20.6. The molecule has 1 aliphatic heterocycles. The Labute approximate surface area is 206 Å². The fourth-order valence-corrected chi connectivity index (χ4v) is 6.81. The number of hydrogen-bond acceptors (Lipinski definition) is 5. The smallest absolute Gasteiger partial charge is 0.254 e. The van der Waals surface area contributed by atoms with Gasteiger partial charge in [0.25, 0.3) is 5.91 Å². The van der Waals surface area contributed by atoms with Crippen molar-refractivity contribution >= 4 is 27.0 Å². The van der Waals surface area contributed by atoms with Crippen LogP contribution < -0.4 is 0 Å². The number of piperazine rings is 1. The fraction of sp³-hybridized carbons (Fsp3) is 0.500. The molecule has 184 valence electrons. The van der Waals surface area contributed by atoms with Crippen LogP contribution in [0, 0.1) is 0 Å². The number of pyridine rings is 1. The lowest BCUT2D eigenvalue weighted by molar-refractivity contribution is 0.0699. The summed E-state index contributed by atoms with van der Waals surface area (Å²) in [5, 5.41) is 5.27. The molecule has 3 aliphatic rings. The Morgan fingerprint density at radius 2 is 1.77 bits per heavy atom. The van der Waals surface area contributed by atoms with Gasteiger partial charge < -0.3 is 4.90 Å². The molecule has 2 aromatic heterocycles. The second-order valence-electron chi connectivity index (χ2n) is 10.3. The first-order chi connectivity index (χ1) is 16.8. The second kappa shape index (κ2) is 8.41. The highest BCUT2D eigenvalue weighted by molar-refractivity contribution is 7.89. The van der Waals surface area contributed by atoms with Gasteiger partial charge in [0.2, 0.25) is 10.0 Å². The molecule has 1 amide bonds. The average molecular weight is 494 g/mol. The number of carbonyl (C=O) groups excluding carboxylic acids is 1. The molecule has 0 radical (unpaired) electrons. The SMILES string of the molecule is CC(C)n1ncc2c(C(=O)N3CCN(S(=O)(=O)c4ccc5c(c4)CCC5)CC3)cc(C3CC3)nc21. The van der Waals surface area contributed by atoms with E-state index in [4.69, 9.17) is 4.98 Å². The van der Waals surface area contributed by atoms with E-state index in [1.807, 2.05) is 22.9 Å². The molecule has 0 spiro atoms. The molecule has 3 heterocycles. The average Bonchev–Trinajstić information content (AvgIpc) is 3.44. The molecule has 0 bridgehead atoms. The maximum absolute atomic E-state index is 13.6. The summed E-state index contributed by atoms with van der Waals surface area (Å²) in [6.45, 7) is 5.42. The Balaban J connectivity index is 1.23. The standard InChI is InChI=1S/C26H31N5O3S/c1-17(2)31-25-23(16-27-31)22(15-24(28-25)19-6-7-19)26(32)29-10-12-30(13-11-29)35(33,34)21-9-8-18-4-3-5-20(18)14-21/h8-9,14-17,19H,3-7,10-13H2,1-2H3. The zero-order valence-electron chi connectivity index (χ0n) is 20.3. The summed E-state index contributed by atoms with van der Waals surface area (Å²) >= 11 is 0. The van der Waals surface area contributed by atoms with Crippen LogP contribution in [-0.4, -0.2) is 64.5 Å². The van der Waals surface area contributed by atoms with E-state index in [1.54, 1.807) is 17.2 Å². The molecule has 2 fully saturated rings. The quantitative estimate of drug-likeness (QED) is 0.543. The molecule has 1 aromatic carbocycles. The maximum atomic E-state index is 13.6. The van der Waals surface area contributed by atoms with E-state index < -0.39 is 10.0 Å². The van der Waals surface area contributed by atoms with Crippen LogP contribution in [0.25, 0.3) is 11.0 Å². The highest BCUT2D eigenvalue weighted by Gasteiger charge is 2.33. The summed E-state index contributed by atoms with van der Waals surface area (Å²) in [6, 6.07) is 7.61. The number of carbonyl (C=O) groups is 1. The molecule has 8 nitrogen and oxygen atoms in total. The minimum atomic E-state index is -3.58. The van der Waals surface area contributed by atoms with E-state index in [-0.39, 0.29) is 11.9 Å². The molecule has 35 heavy (non-hydrogen) atoms. The lowest BCUT2D eigenvalue weighted by Gasteiger charge is -2.34. The first-order valence-corrected chi connectivity index (χ1v) is 14.1. The van der Waals surface area contributed by atoms with Gasteiger partial charge in [0.15, 0.2) is 5.65 Å². The van der Waals surface area contributed by atoms with Gasteiger partial charge >= 0.3 is 0 Å². The third-order valence-corrected chi connectivity index (χ3v) is 9.43. The van der Waals surface area contributed by atoms with Crippen LogP contribution in [0.2, 0.25) is 0 Å². The Morgan fingerprint density at radius 1 is 1.03 bits per heavy atom. The number of sulfonamides is 1. The summed E-state index contributed by atoms with van der Waals surface area (Å²) in [5.74, 6) is 0.341. The maximum Gasteiger partial charge on any atom is 0.254 e. The first kappa shape index (κ1) is 22.7. The second-order valence-corrected chi connectivity index (χ2v) is 12.2. The van der Waals surface area contributed by atoms with Crippen LogP contribution >= 0.6 is 0 Å². The first-order valence-electron chi connectivity index (χ1n) is 12.6. The van der Waals surface area contributed by atoms with Crippen molar-refractivity contribution < 1.29 is 13.2 Å². The van der Waals surface area contributed by atoms with Gasteiger partial charge in [0.05, 0.1) is 22.0 Å². The molecule has 3 aromatic rings. The molecule has 0 N–H and O–H groups in total. The molecule has 9 heteroatoms. The Bertz CT molecular complexity index is 1420. The molecule has 6 rings (SSSR count). The van der Waals surface area contributed by atoms with Crippen molar-refractivity contribution in [1.82, 2.24) is 24.0 Å². The summed E-state index contributed by atoms with van der Waals surface area (Å²) in [5.41, 5.74) is 4.75. The minimum absolute atomic E-state index is 0.0721. The molecular formula is C26H31N5O3S. The highest BCUT2D eigenvalue weighted by atomic mass is 32.2. The molecule has 1 saturated carbocycles. The van der Waals surface area contributed by atoms with Gasteiger partial charge in [-0.25, -0.2) is 18.1 Å². The van der Waals surface area contributed by atoms with Crippen molar-refractivity contribution in [2.45, 2.75) is 62.8 Å². The number of fused-ring (bicyclic) bond motifs is 2. The Morgan fingerprint density at radius 3 is 2.49 bits per heavy atom. The summed E-state index contributed by atoms with van der Waals surface area (Å²) in [7, 11) is -3.58. The summed E-state index contributed by atoms with van der Waals surface area (Å²) < 4.78 is 30.0. The largest absolute Gasteiger partial charge is 0.336 e. The van der Waals surface area contributed by atoms with Crippen molar-refractivity contribution in [2.75, 3.05) is 26.2 Å². The summed E-state index contributed by atoms with van der Waals surface area (Å²) in [6.07, 6.45) is 6.98. The van der Waals surface area contributed by atoms with E-state index >= 15 is 0 Å². The monoisotopic (exact) mass is 493 g/mol. The Kier molecular flexibility index (Phi) is 5.45. The lowest BCUT2D eigenvalue weighted by Crippen LogP contribution is -2.50. The minimum Gasteiger partial charge on any atom is -0.336 e. The van der Waals surface area contributed by atoms with Crippen LogP contribution in [0.15, 0.2) is 35.4 Å². The van der Waals surface area contributed by atoms with Gasteiger partial charge in [0, 0.05) is 43.8 Å². The number of aromatic nitrogens is 3. The van der Waals surface area contributed by atoms with Gasteiger partial charge in [-0.2, -0.15) is 9.40 Å². The van der Waals surface area contributed by atoms with Crippen LogP contribution in [0.4, 0.5) is 0 Å².